The summed E-state index contributed by atoms with van der Waals surface area (Å²) < 4.78 is 0. The van der Waals surface area contributed by atoms with Gasteiger partial charge in [0.15, 0.2) is 0 Å². The van der Waals surface area contributed by atoms with Crippen LogP contribution in [0, 0.1) is 6.92 Å². The van der Waals surface area contributed by atoms with Gasteiger partial charge < -0.3 is 10.6 Å². The summed E-state index contributed by atoms with van der Waals surface area (Å²) in [5.74, 6) is 0.323. The fourth-order valence-electron chi connectivity index (χ4n) is 2.99. The first-order valence-electron chi connectivity index (χ1n) is 8.68. The lowest BCUT2D eigenvalue weighted by Gasteiger charge is -2.16. The van der Waals surface area contributed by atoms with Crippen LogP contribution in [0.25, 0.3) is 0 Å². The maximum absolute atomic E-state index is 12.4. The second-order valence-electron chi connectivity index (χ2n) is 6.42. The minimum Gasteiger partial charge on any atom is -0.348 e. The molecule has 0 unspecified atom stereocenters. The minimum absolute atomic E-state index is 0.115. The first kappa shape index (κ1) is 16.4. The molecule has 1 aromatic heterocycles. The summed E-state index contributed by atoms with van der Waals surface area (Å²) in [6.07, 6.45) is 8.65. The Morgan fingerprint density at radius 1 is 1.04 bits per heavy atom. The van der Waals surface area contributed by atoms with Gasteiger partial charge in [-0.25, -0.2) is 9.97 Å². The SMILES string of the molecule is Cc1ccc(Nc2nccc(C(=O)NC3CCCCCC3)n2)cc1. The van der Waals surface area contributed by atoms with Gasteiger partial charge in [-0.15, -0.1) is 0 Å². The second-order valence-corrected chi connectivity index (χ2v) is 6.42. The third-order valence-electron chi connectivity index (χ3n) is 4.39. The number of hydrogen-bond donors (Lipinski definition) is 2. The molecule has 3 rings (SSSR count). The zero-order chi connectivity index (χ0) is 16.8. The molecule has 1 amide bonds. The number of benzene rings is 1. The normalized spacial score (nSPS) is 15.5. The Balaban J connectivity index is 1.65. The summed E-state index contributed by atoms with van der Waals surface area (Å²) >= 11 is 0. The van der Waals surface area contributed by atoms with Crippen LogP contribution in [0.3, 0.4) is 0 Å². The molecule has 2 aromatic rings. The van der Waals surface area contributed by atoms with Crippen molar-refractivity contribution in [3.05, 3.63) is 47.8 Å². The van der Waals surface area contributed by atoms with Crippen LogP contribution in [0.15, 0.2) is 36.5 Å². The zero-order valence-electron chi connectivity index (χ0n) is 14.1. The molecule has 2 N–H and O–H groups in total. The number of rotatable bonds is 4. The monoisotopic (exact) mass is 324 g/mol. The number of nitrogens with one attached hydrogen (secondary N) is 2. The van der Waals surface area contributed by atoms with Crippen molar-refractivity contribution < 1.29 is 4.79 Å². The molecule has 5 heteroatoms. The molecule has 0 saturated heterocycles. The number of amides is 1. The van der Waals surface area contributed by atoms with Gasteiger partial charge in [0.05, 0.1) is 0 Å². The van der Waals surface area contributed by atoms with Gasteiger partial charge in [-0.3, -0.25) is 4.79 Å². The summed E-state index contributed by atoms with van der Waals surface area (Å²) in [4.78, 5) is 21.0. The molecular formula is C19H24N4O. The number of aryl methyl sites for hydroxylation is 1. The highest BCUT2D eigenvalue weighted by Crippen LogP contribution is 2.18. The fourth-order valence-corrected chi connectivity index (χ4v) is 2.99. The van der Waals surface area contributed by atoms with Crippen molar-refractivity contribution in [2.75, 3.05) is 5.32 Å². The highest BCUT2D eigenvalue weighted by Gasteiger charge is 2.17. The number of nitrogens with zero attached hydrogens (tertiary/aromatic N) is 2. The topological polar surface area (TPSA) is 66.9 Å². The first-order chi connectivity index (χ1) is 11.7. The Kier molecular flexibility index (Phi) is 5.41. The summed E-state index contributed by atoms with van der Waals surface area (Å²) in [6, 6.07) is 9.90. The first-order valence-corrected chi connectivity index (χ1v) is 8.68. The Morgan fingerprint density at radius 2 is 1.75 bits per heavy atom. The number of carbonyl (C=O) groups excluding carboxylic acids is 1. The van der Waals surface area contributed by atoms with Gasteiger partial charge in [0.25, 0.3) is 5.91 Å². The van der Waals surface area contributed by atoms with Gasteiger partial charge in [0.2, 0.25) is 5.95 Å². The standard InChI is InChI=1S/C19H24N4O/c1-14-8-10-16(11-9-14)22-19-20-13-12-17(23-19)18(24)21-15-6-4-2-3-5-7-15/h8-13,15H,2-7H2,1H3,(H,21,24)(H,20,22,23). The molecule has 1 aliphatic carbocycles. The molecule has 5 nitrogen and oxygen atoms in total. The van der Waals surface area contributed by atoms with Crippen LogP contribution < -0.4 is 10.6 Å². The number of anilines is 2. The van der Waals surface area contributed by atoms with Gasteiger partial charge in [-0.05, 0) is 38.0 Å². The van der Waals surface area contributed by atoms with Crippen LogP contribution in [0.4, 0.5) is 11.6 Å². The van der Waals surface area contributed by atoms with E-state index in [1.807, 2.05) is 31.2 Å². The average molecular weight is 324 g/mol. The van der Waals surface area contributed by atoms with Crippen LogP contribution in [0.2, 0.25) is 0 Å². The van der Waals surface area contributed by atoms with E-state index in [4.69, 9.17) is 0 Å². The minimum atomic E-state index is -0.115. The second kappa shape index (κ2) is 7.90. The van der Waals surface area contributed by atoms with Crippen molar-refractivity contribution >= 4 is 17.5 Å². The van der Waals surface area contributed by atoms with E-state index in [9.17, 15) is 4.79 Å². The number of carbonyl (C=O) groups is 1. The molecule has 0 aliphatic heterocycles. The van der Waals surface area contributed by atoms with Crippen molar-refractivity contribution in [2.24, 2.45) is 0 Å². The van der Waals surface area contributed by atoms with Crippen LogP contribution >= 0.6 is 0 Å². The predicted molar refractivity (Wildman–Crippen MR) is 95.4 cm³/mol. The van der Waals surface area contributed by atoms with E-state index in [0.29, 0.717) is 11.6 Å². The molecule has 0 spiro atoms. The molecule has 24 heavy (non-hydrogen) atoms. The smallest absolute Gasteiger partial charge is 0.270 e. The van der Waals surface area contributed by atoms with Crippen molar-refractivity contribution in [2.45, 2.75) is 51.5 Å². The summed E-state index contributed by atoms with van der Waals surface area (Å²) in [5, 5.41) is 6.25. The van der Waals surface area contributed by atoms with Gasteiger partial charge >= 0.3 is 0 Å². The maximum atomic E-state index is 12.4. The van der Waals surface area contributed by atoms with E-state index in [-0.39, 0.29) is 11.9 Å². The van der Waals surface area contributed by atoms with Crippen LogP contribution in [-0.2, 0) is 0 Å². The fraction of sp³-hybridized carbons (Fsp3) is 0.421. The van der Waals surface area contributed by atoms with Gasteiger partial charge in [-0.2, -0.15) is 0 Å². The van der Waals surface area contributed by atoms with E-state index in [1.54, 1.807) is 12.3 Å². The molecule has 0 atom stereocenters. The Bertz CT molecular complexity index is 676. The van der Waals surface area contributed by atoms with Crippen LogP contribution in [0.1, 0.15) is 54.6 Å². The van der Waals surface area contributed by atoms with Crippen LogP contribution in [-0.4, -0.2) is 21.9 Å². The van der Waals surface area contributed by atoms with E-state index in [1.165, 1.54) is 31.2 Å². The highest BCUT2D eigenvalue weighted by atomic mass is 16.1. The van der Waals surface area contributed by atoms with Crippen molar-refractivity contribution in [3.8, 4) is 0 Å². The average Bonchev–Trinajstić information content (AvgIpc) is 2.86. The molecule has 1 heterocycles. The molecule has 1 fully saturated rings. The van der Waals surface area contributed by atoms with Crippen molar-refractivity contribution in [1.29, 1.82) is 0 Å². The Labute approximate surface area is 142 Å². The van der Waals surface area contributed by atoms with Crippen molar-refractivity contribution in [3.63, 3.8) is 0 Å². The third kappa shape index (κ3) is 4.54. The summed E-state index contributed by atoms with van der Waals surface area (Å²) in [6.45, 7) is 2.04. The van der Waals surface area contributed by atoms with E-state index < -0.39 is 0 Å². The lowest BCUT2D eigenvalue weighted by atomic mass is 10.1. The molecule has 0 bridgehead atoms. The van der Waals surface area contributed by atoms with E-state index >= 15 is 0 Å². The zero-order valence-corrected chi connectivity index (χ0v) is 14.1. The Morgan fingerprint density at radius 3 is 2.46 bits per heavy atom. The van der Waals surface area contributed by atoms with Gasteiger partial charge in [0.1, 0.15) is 5.69 Å². The van der Waals surface area contributed by atoms with E-state index in [2.05, 4.69) is 20.6 Å². The van der Waals surface area contributed by atoms with E-state index in [0.717, 1.165) is 18.5 Å². The number of hydrogen-bond acceptors (Lipinski definition) is 4. The molecule has 1 aliphatic rings. The Hall–Kier alpha value is -2.43. The largest absolute Gasteiger partial charge is 0.348 e. The highest BCUT2D eigenvalue weighted by molar-refractivity contribution is 5.92. The summed E-state index contributed by atoms with van der Waals surface area (Å²) in [5.41, 5.74) is 2.50. The molecule has 0 radical (unpaired) electrons. The molecule has 1 saturated carbocycles. The predicted octanol–water partition coefficient (Wildman–Crippen LogP) is 3.98. The molecule has 126 valence electrons. The number of aromatic nitrogens is 2. The van der Waals surface area contributed by atoms with Crippen LogP contribution in [0.5, 0.6) is 0 Å². The quantitative estimate of drug-likeness (QED) is 0.835. The van der Waals surface area contributed by atoms with Gasteiger partial charge in [0, 0.05) is 17.9 Å². The lowest BCUT2D eigenvalue weighted by molar-refractivity contribution is 0.0928. The lowest BCUT2D eigenvalue weighted by Crippen LogP contribution is -2.35. The van der Waals surface area contributed by atoms with Crippen molar-refractivity contribution in [1.82, 2.24) is 15.3 Å². The third-order valence-corrected chi connectivity index (χ3v) is 4.39. The summed E-state index contributed by atoms with van der Waals surface area (Å²) in [7, 11) is 0. The maximum Gasteiger partial charge on any atom is 0.270 e. The molecule has 1 aromatic carbocycles. The molecular weight excluding hydrogens is 300 g/mol. The van der Waals surface area contributed by atoms with Gasteiger partial charge in [-0.1, -0.05) is 43.4 Å².